The molecule has 0 spiro atoms. The molecule has 17 nitrogen and oxygen atoms in total. The van der Waals surface area contributed by atoms with Crippen LogP contribution in [0.1, 0.15) is 11.6 Å². The van der Waals surface area contributed by atoms with Crippen LogP contribution in [-0.4, -0.2) is 77.0 Å². The average molecular weight is 506 g/mol. The molecule has 2 aliphatic rings. The van der Waals surface area contributed by atoms with Gasteiger partial charge in [0.25, 0.3) is 0 Å². The van der Waals surface area contributed by atoms with Crippen molar-refractivity contribution in [2.75, 3.05) is 12.3 Å². The van der Waals surface area contributed by atoms with Crippen LogP contribution in [0, 0.1) is 0 Å². The molecule has 3 rings (SSSR count). The first-order chi connectivity index (χ1) is 14.2. The van der Waals surface area contributed by atoms with Gasteiger partial charge in [0, 0.05) is 6.21 Å². The maximum absolute atomic E-state index is 11.8. The van der Waals surface area contributed by atoms with Crippen molar-refractivity contribution in [2.45, 2.75) is 30.3 Å². The normalized spacial score (nSPS) is 31.9. The summed E-state index contributed by atoms with van der Waals surface area (Å²) in [5, 5.41) is 20.5. The third-order valence-electron chi connectivity index (χ3n) is 4.13. The molecule has 1 aromatic rings. The zero-order valence-corrected chi connectivity index (χ0v) is 17.7. The van der Waals surface area contributed by atoms with Gasteiger partial charge >= 0.3 is 23.5 Å². The molecular weight excluding hydrogens is 489 g/mol. The Labute approximate surface area is 173 Å². The molecule has 0 bridgehead atoms. The first-order valence-electron chi connectivity index (χ1n) is 8.13. The standard InChI is InChI=1S/C11H17N4O13P3/c12-11-7-6(14-3-15-11)4(1-13-7)10-9(17)8(16)5(26-10)2-25-30(21,22)28-31(23,24)27-29(18,19)20/h1,3-5,8-10,16-17H,2H2,(H,21,22)(H,23,24)(H2,12,14,15)(H2,18,19,20)/t4?,5-,8?,9?,10?/m1/s1. The van der Waals surface area contributed by atoms with Gasteiger partial charge in [0.1, 0.15) is 36.4 Å². The first-order valence-corrected chi connectivity index (χ1v) is 12.7. The fourth-order valence-corrected chi connectivity index (χ4v) is 5.96. The van der Waals surface area contributed by atoms with Crippen LogP contribution in [0.3, 0.4) is 0 Å². The van der Waals surface area contributed by atoms with Crippen molar-refractivity contribution in [1.29, 1.82) is 0 Å². The highest BCUT2D eigenvalue weighted by Gasteiger charge is 2.49. The summed E-state index contributed by atoms with van der Waals surface area (Å²) in [5.74, 6) is -0.664. The van der Waals surface area contributed by atoms with Gasteiger partial charge < -0.3 is 40.3 Å². The Balaban J connectivity index is 1.65. The number of hydrogen-bond acceptors (Lipinski definition) is 13. The maximum atomic E-state index is 11.8. The lowest BCUT2D eigenvalue weighted by atomic mass is 9.95. The van der Waals surface area contributed by atoms with Gasteiger partial charge in [-0.1, -0.05) is 0 Å². The van der Waals surface area contributed by atoms with Crippen LogP contribution in [-0.2, 0) is 31.6 Å². The lowest BCUT2D eigenvalue weighted by Crippen LogP contribution is -2.36. The number of hydrogen-bond donors (Lipinski definition) is 7. The molecule has 31 heavy (non-hydrogen) atoms. The van der Waals surface area contributed by atoms with Crippen molar-refractivity contribution in [2.24, 2.45) is 4.99 Å². The third kappa shape index (κ3) is 5.80. The largest absolute Gasteiger partial charge is 0.490 e. The van der Waals surface area contributed by atoms with Crippen LogP contribution in [0.25, 0.3) is 0 Å². The second-order valence-electron chi connectivity index (χ2n) is 6.30. The first kappa shape index (κ1) is 24.5. The van der Waals surface area contributed by atoms with Crippen molar-refractivity contribution >= 4 is 41.2 Å². The predicted octanol–water partition coefficient (Wildman–Crippen LogP) is -1.31. The molecule has 2 aliphatic heterocycles. The molecule has 0 saturated carbocycles. The molecule has 0 amide bonds. The fraction of sp³-hybridized carbons (Fsp3) is 0.545. The highest BCUT2D eigenvalue weighted by molar-refractivity contribution is 7.66. The molecule has 1 saturated heterocycles. The summed E-state index contributed by atoms with van der Waals surface area (Å²) in [6, 6.07) is 0. The van der Waals surface area contributed by atoms with E-state index in [0.717, 1.165) is 0 Å². The minimum atomic E-state index is -5.69. The molecule has 20 heteroatoms. The SMILES string of the molecule is Nc1ncnc2c1N=CC2C1O[C@H](COP(=O)(O)OP(=O)(O)OP(=O)(O)O)C(O)C1O. The van der Waals surface area contributed by atoms with Crippen LogP contribution in [0.5, 0.6) is 0 Å². The zero-order chi connectivity index (χ0) is 23.2. The van der Waals surface area contributed by atoms with Crippen LogP contribution in [0.4, 0.5) is 11.5 Å². The monoisotopic (exact) mass is 506 g/mol. The van der Waals surface area contributed by atoms with E-state index in [4.69, 9.17) is 25.2 Å². The number of phosphoric ester groups is 1. The average Bonchev–Trinajstić information content (AvgIpc) is 3.13. The number of fused-ring (bicyclic) bond motifs is 1. The Bertz CT molecular complexity index is 1020. The van der Waals surface area contributed by atoms with Gasteiger partial charge in [-0.05, 0) is 0 Å². The molecule has 174 valence electrons. The van der Waals surface area contributed by atoms with Crippen molar-refractivity contribution in [3.63, 3.8) is 0 Å². The predicted molar refractivity (Wildman–Crippen MR) is 97.8 cm³/mol. The quantitative estimate of drug-likeness (QED) is 0.202. The number of aliphatic hydroxyl groups excluding tert-OH is 2. The van der Waals surface area contributed by atoms with E-state index < -0.39 is 60.4 Å². The summed E-state index contributed by atoms with van der Waals surface area (Å²) < 4.78 is 50.8. The van der Waals surface area contributed by atoms with E-state index in [-0.39, 0.29) is 11.5 Å². The van der Waals surface area contributed by atoms with E-state index in [9.17, 15) is 28.8 Å². The highest BCUT2D eigenvalue weighted by Crippen LogP contribution is 2.66. The summed E-state index contributed by atoms with van der Waals surface area (Å²) in [6.07, 6.45) is -3.16. The molecule has 0 aliphatic carbocycles. The van der Waals surface area contributed by atoms with Crippen molar-refractivity contribution in [3.8, 4) is 0 Å². The summed E-state index contributed by atoms with van der Waals surface area (Å²) in [4.78, 5) is 47.4. The Morgan fingerprint density at radius 1 is 1.03 bits per heavy atom. The van der Waals surface area contributed by atoms with Crippen molar-refractivity contribution in [1.82, 2.24) is 9.97 Å². The molecule has 0 radical (unpaired) electrons. The second kappa shape index (κ2) is 8.65. The van der Waals surface area contributed by atoms with E-state index in [1.54, 1.807) is 0 Å². The number of phosphoric acid groups is 3. The Morgan fingerprint density at radius 3 is 2.35 bits per heavy atom. The maximum Gasteiger partial charge on any atom is 0.490 e. The lowest BCUT2D eigenvalue weighted by molar-refractivity contribution is -0.0232. The van der Waals surface area contributed by atoms with E-state index in [0.29, 0.717) is 5.69 Å². The van der Waals surface area contributed by atoms with Crippen LogP contribution in [0.15, 0.2) is 11.3 Å². The zero-order valence-electron chi connectivity index (χ0n) is 15.1. The van der Waals surface area contributed by atoms with Crippen LogP contribution < -0.4 is 5.73 Å². The van der Waals surface area contributed by atoms with Crippen molar-refractivity contribution in [3.05, 3.63) is 12.0 Å². The number of nitrogens with two attached hydrogens (primary N) is 1. The minimum absolute atomic E-state index is 0.0843. The van der Waals surface area contributed by atoms with E-state index in [1.807, 2.05) is 0 Å². The summed E-state index contributed by atoms with van der Waals surface area (Å²) >= 11 is 0. The van der Waals surface area contributed by atoms with E-state index >= 15 is 0 Å². The summed E-state index contributed by atoms with van der Waals surface area (Å²) in [5.41, 5.74) is 6.27. The number of ether oxygens (including phenoxy) is 1. The Kier molecular flexibility index (Phi) is 6.83. The number of nitrogens with zero attached hydrogens (tertiary/aromatic N) is 3. The third-order valence-corrected chi connectivity index (χ3v) is 7.93. The van der Waals surface area contributed by atoms with Gasteiger partial charge in [-0.2, -0.15) is 8.62 Å². The molecule has 1 aromatic heterocycles. The molecule has 8 N–H and O–H groups in total. The summed E-state index contributed by atoms with van der Waals surface area (Å²) in [6.45, 7) is -0.930. The van der Waals surface area contributed by atoms with Crippen molar-refractivity contribution < 1.29 is 61.4 Å². The highest BCUT2D eigenvalue weighted by atomic mass is 31.3. The van der Waals surface area contributed by atoms with Gasteiger partial charge in [0.15, 0.2) is 5.82 Å². The lowest BCUT2D eigenvalue weighted by Gasteiger charge is -2.20. The number of aliphatic hydroxyl groups is 2. The molecule has 7 atom stereocenters. The second-order valence-corrected chi connectivity index (χ2v) is 10.7. The topological polar surface area (TPSA) is 274 Å². The molecular formula is C11H17N4O13P3. The smallest absolute Gasteiger partial charge is 0.388 e. The number of nitrogen functional groups attached to an aromatic ring is 1. The molecule has 3 heterocycles. The molecule has 0 aromatic carbocycles. The van der Waals surface area contributed by atoms with E-state index in [2.05, 4.69) is 28.1 Å². The number of anilines is 1. The van der Waals surface area contributed by atoms with Gasteiger partial charge in [0.05, 0.1) is 18.2 Å². The fourth-order valence-electron chi connectivity index (χ4n) is 2.93. The number of rotatable bonds is 8. The van der Waals surface area contributed by atoms with Crippen LogP contribution >= 0.6 is 23.5 Å². The van der Waals surface area contributed by atoms with Gasteiger partial charge in [-0.25, -0.2) is 23.7 Å². The number of aromatic nitrogens is 2. The Hall–Kier alpha value is -1.16. The van der Waals surface area contributed by atoms with Crippen LogP contribution in [0.2, 0.25) is 0 Å². The number of aliphatic imine (C=N–C) groups is 1. The van der Waals surface area contributed by atoms with Gasteiger partial charge in [0.2, 0.25) is 0 Å². The van der Waals surface area contributed by atoms with Gasteiger partial charge in [-0.15, -0.1) is 0 Å². The van der Waals surface area contributed by atoms with E-state index in [1.165, 1.54) is 12.5 Å². The minimum Gasteiger partial charge on any atom is -0.388 e. The summed E-state index contributed by atoms with van der Waals surface area (Å²) in [7, 11) is -16.7. The molecule has 1 fully saturated rings. The van der Waals surface area contributed by atoms with Gasteiger partial charge in [-0.3, -0.25) is 9.52 Å². The Morgan fingerprint density at radius 2 is 1.71 bits per heavy atom. The molecule has 6 unspecified atom stereocenters.